The number of pyridine rings is 1. The number of amides is 2. The standard InChI is InChI=1S/C18H26N4O2/c1-13-5-2-3-10-22(13)16-11-14(7-8-20-16)18(24)21-9-4-6-15(12-21)17(19)23/h7-8,11,13,15H,2-6,9-10,12H2,1H3,(H2,19,23)/t13-,15+/m1/s1. The molecule has 0 bridgehead atoms. The maximum atomic E-state index is 12.8. The summed E-state index contributed by atoms with van der Waals surface area (Å²) in [6, 6.07) is 4.10. The predicted octanol–water partition coefficient (Wildman–Crippen LogP) is 1.80. The lowest BCUT2D eigenvalue weighted by Gasteiger charge is -2.35. The molecule has 1 aromatic rings. The zero-order chi connectivity index (χ0) is 17.1. The number of piperidine rings is 2. The molecule has 2 atom stereocenters. The van der Waals surface area contributed by atoms with Crippen LogP contribution in [0, 0.1) is 5.92 Å². The average Bonchev–Trinajstić information content (AvgIpc) is 2.61. The molecule has 2 amide bonds. The number of rotatable bonds is 3. The van der Waals surface area contributed by atoms with Crippen molar-refractivity contribution in [2.75, 3.05) is 24.5 Å². The molecule has 2 fully saturated rings. The van der Waals surface area contributed by atoms with E-state index in [-0.39, 0.29) is 17.7 Å². The third-order valence-corrected chi connectivity index (χ3v) is 5.20. The van der Waals surface area contributed by atoms with E-state index in [9.17, 15) is 9.59 Å². The zero-order valence-electron chi connectivity index (χ0n) is 14.3. The smallest absolute Gasteiger partial charge is 0.254 e. The van der Waals surface area contributed by atoms with Gasteiger partial charge in [-0.25, -0.2) is 4.98 Å². The van der Waals surface area contributed by atoms with E-state index >= 15 is 0 Å². The summed E-state index contributed by atoms with van der Waals surface area (Å²) in [6.45, 7) is 4.29. The number of nitrogens with two attached hydrogens (primary N) is 1. The maximum Gasteiger partial charge on any atom is 0.254 e. The van der Waals surface area contributed by atoms with E-state index in [0.717, 1.165) is 38.0 Å². The fourth-order valence-electron chi connectivity index (χ4n) is 3.72. The number of nitrogens with zero attached hydrogens (tertiary/aromatic N) is 3. The van der Waals surface area contributed by atoms with Crippen LogP contribution in [0.15, 0.2) is 18.3 Å². The number of anilines is 1. The first-order chi connectivity index (χ1) is 11.6. The van der Waals surface area contributed by atoms with Crippen LogP contribution in [0.3, 0.4) is 0 Å². The fourth-order valence-corrected chi connectivity index (χ4v) is 3.72. The Morgan fingerprint density at radius 3 is 2.79 bits per heavy atom. The van der Waals surface area contributed by atoms with Crippen LogP contribution >= 0.6 is 0 Å². The second-order valence-corrected chi connectivity index (χ2v) is 6.93. The lowest BCUT2D eigenvalue weighted by molar-refractivity contribution is -0.123. The number of primary amides is 1. The minimum absolute atomic E-state index is 0.0331. The number of aromatic nitrogens is 1. The number of carbonyl (C=O) groups is 2. The summed E-state index contributed by atoms with van der Waals surface area (Å²) in [7, 11) is 0. The van der Waals surface area contributed by atoms with Crippen LogP contribution in [-0.4, -0.2) is 47.4 Å². The molecular weight excluding hydrogens is 304 g/mol. The Balaban J connectivity index is 1.75. The number of likely N-dealkylation sites (tertiary alicyclic amines) is 1. The highest BCUT2D eigenvalue weighted by atomic mass is 16.2. The summed E-state index contributed by atoms with van der Waals surface area (Å²) >= 11 is 0. The molecule has 2 aliphatic rings. The third kappa shape index (κ3) is 3.52. The van der Waals surface area contributed by atoms with Crippen LogP contribution in [-0.2, 0) is 4.79 Å². The lowest BCUT2D eigenvalue weighted by Crippen LogP contribution is -2.44. The monoisotopic (exact) mass is 330 g/mol. The summed E-state index contributed by atoms with van der Waals surface area (Å²) < 4.78 is 0. The highest BCUT2D eigenvalue weighted by Crippen LogP contribution is 2.24. The predicted molar refractivity (Wildman–Crippen MR) is 92.7 cm³/mol. The van der Waals surface area contributed by atoms with Crippen LogP contribution in [0.5, 0.6) is 0 Å². The molecule has 0 radical (unpaired) electrons. The highest BCUT2D eigenvalue weighted by Gasteiger charge is 2.28. The van der Waals surface area contributed by atoms with Crippen LogP contribution in [0.2, 0.25) is 0 Å². The van der Waals surface area contributed by atoms with Gasteiger partial charge in [-0.3, -0.25) is 9.59 Å². The molecule has 3 rings (SSSR count). The van der Waals surface area contributed by atoms with E-state index in [1.165, 1.54) is 6.42 Å². The summed E-state index contributed by atoms with van der Waals surface area (Å²) in [4.78, 5) is 32.7. The minimum atomic E-state index is -0.315. The number of hydrogen-bond donors (Lipinski definition) is 1. The fraction of sp³-hybridized carbons (Fsp3) is 0.611. The normalized spacial score (nSPS) is 24.7. The first-order valence-corrected chi connectivity index (χ1v) is 8.87. The van der Waals surface area contributed by atoms with Gasteiger partial charge in [0.25, 0.3) is 5.91 Å². The second kappa shape index (κ2) is 7.20. The van der Waals surface area contributed by atoms with Gasteiger partial charge in [-0.1, -0.05) is 0 Å². The molecule has 0 spiro atoms. The van der Waals surface area contributed by atoms with Crippen molar-refractivity contribution in [3.8, 4) is 0 Å². The van der Waals surface area contributed by atoms with Gasteiger partial charge in [0.1, 0.15) is 5.82 Å². The van der Waals surface area contributed by atoms with Crippen molar-refractivity contribution in [1.29, 1.82) is 0 Å². The summed E-state index contributed by atoms with van der Waals surface area (Å²) in [5.74, 6) is 0.293. The third-order valence-electron chi connectivity index (χ3n) is 5.20. The molecule has 0 saturated carbocycles. The van der Waals surface area contributed by atoms with E-state index < -0.39 is 0 Å². The molecule has 130 valence electrons. The van der Waals surface area contributed by atoms with Crippen LogP contribution < -0.4 is 10.6 Å². The van der Waals surface area contributed by atoms with Crippen molar-refractivity contribution in [2.24, 2.45) is 11.7 Å². The molecule has 3 heterocycles. The van der Waals surface area contributed by atoms with Gasteiger partial charge in [-0.2, -0.15) is 0 Å². The molecule has 2 N–H and O–H groups in total. The topological polar surface area (TPSA) is 79.5 Å². The largest absolute Gasteiger partial charge is 0.369 e. The van der Waals surface area contributed by atoms with Gasteiger partial charge in [0.15, 0.2) is 0 Å². The molecule has 0 aliphatic carbocycles. The van der Waals surface area contributed by atoms with Gasteiger partial charge in [-0.05, 0) is 51.2 Å². The molecule has 2 aliphatic heterocycles. The number of hydrogen-bond acceptors (Lipinski definition) is 4. The summed E-state index contributed by atoms with van der Waals surface area (Å²) in [6.07, 6.45) is 6.87. The molecular formula is C18H26N4O2. The van der Waals surface area contributed by atoms with E-state index in [2.05, 4.69) is 16.8 Å². The van der Waals surface area contributed by atoms with Gasteiger partial charge in [0.05, 0.1) is 5.92 Å². The molecule has 0 unspecified atom stereocenters. The first kappa shape index (κ1) is 16.7. The van der Waals surface area contributed by atoms with Crippen molar-refractivity contribution >= 4 is 17.6 Å². The average molecular weight is 330 g/mol. The Bertz CT molecular complexity index is 619. The van der Waals surface area contributed by atoms with E-state index in [1.807, 2.05) is 6.07 Å². The summed E-state index contributed by atoms with van der Waals surface area (Å²) in [5, 5.41) is 0. The van der Waals surface area contributed by atoms with Gasteiger partial charge < -0.3 is 15.5 Å². The van der Waals surface area contributed by atoms with Gasteiger partial charge in [0.2, 0.25) is 5.91 Å². The Kier molecular flexibility index (Phi) is 5.02. The lowest BCUT2D eigenvalue weighted by atomic mass is 9.97. The SMILES string of the molecule is C[C@@H]1CCCCN1c1cc(C(=O)N2CCC[C@H](C(N)=O)C2)ccn1. The minimum Gasteiger partial charge on any atom is -0.369 e. The molecule has 24 heavy (non-hydrogen) atoms. The Morgan fingerprint density at radius 1 is 1.21 bits per heavy atom. The molecule has 6 heteroatoms. The molecule has 1 aromatic heterocycles. The van der Waals surface area contributed by atoms with Crippen LogP contribution in [0.4, 0.5) is 5.82 Å². The number of carbonyl (C=O) groups excluding carboxylic acids is 2. The Labute approximate surface area is 143 Å². The van der Waals surface area contributed by atoms with Gasteiger partial charge in [-0.15, -0.1) is 0 Å². The van der Waals surface area contributed by atoms with Crippen molar-refractivity contribution in [1.82, 2.24) is 9.88 Å². The van der Waals surface area contributed by atoms with E-state index in [1.54, 1.807) is 17.2 Å². The highest BCUT2D eigenvalue weighted by molar-refractivity contribution is 5.95. The molecule has 6 nitrogen and oxygen atoms in total. The molecule has 2 saturated heterocycles. The van der Waals surface area contributed by atoms with Crippen LogP contribution in [0.1, 0.15) is 49.4 Å². The van der Waals surface area contributed by atoms with Crippen LogP contribution in [0.25, 0.3) is 0 Å². The maximum absolute atomic E-state index is 12.8. The van der Waals surface area contributed by atoms with Gasteiger partial charge in [0, 0.05) is 37.4 Å². The van der Waals surface area contributed by atoms with E-state index in [0.29, 0.717) is 24.7 Å². The van der Waals surface area contributed by atoms with Gasteiger partial charge >= 0.3 is 0 Å². The zero-order valence-corrected chi connectivity index (χ0v) is 14.3. The second-order valence-electron chi connectivity index (χ2n) is 6.93. The first-order valence-electron chi connectivity index (χ1n) is 8.87. The molecule has 0 aromatic carbocycles. The summed E-state index contributed by atoms with van der Waals surface area (Å²) in [5.41, 5.74) is 6.05. The quantitative estimate of drug-likeness (QED) is 0.916. The van der Waals surface area contributed by atoms with Crippen molar-refractivity contribution in [3.05, 3.63) is 23.9 Å². The Hall–Kier alpha value is -2.11. The van der Waals surface area contributed by atoms with Crippen molar-refractivity contribution in [3.63, 3.8) is 0 Å². The van der Waals surface area contributed by atoms with E-state index in [4.69, 9.17) is 5.73 Å². The van der Waals surface area contributed by atoms with Crippen molar-refractivity contribution < 1.29 is 9.59 Å². The Morgan fingerprint density at radius 2 is 2.04 bits per heavy atom. The van der Waals surface area contributed by atoms with Crippen molar-refractivity contribution in [2.45, 2.75) is 45.1 Å².